The highest BCUT2D eigenvalue weighted by Crippen LogP contribution is 2.10. The number of amides is 1. The van der Waals surface area contributed by atoms with Crippen molar-refractivity contribution in [2.45, 2.75) is 19.9 Å². The predicted octanol–water partition coefficient (Wildman–Crippen LogP) is 3.11. The summed E-state index contributed by atoms with van der Waals surface area (Å²) in [6, 6.07) is 13.3. The molecular formula is C20H27ClIN5O. The van der Waals surface area contributed by atoms with Crippen LogP contribution >= 0.6 is 35.6 Å². The molecule has 0 unspecified atom stereocenters. The molecule has 0 bridgehead atoms. The van der Waals surface area contributed by atoms with Gasteiger partial charge in [0, 0.05) is 43.5 Å². The second kappa shape index (κ2) is 13.3. The minimum Gasteiger partial charge on any atom is -0.357 e. The Morgan fingerprint density at radius 2 is 1.93 bits per heavy atom. The van der Waals surface area contributed by atoms with E-state index in [1.54, 1.807) is 18.1 Å². The first-order chi connectivity index (χ1) is 13.1. The Morgan fingerprint density at radius 3 is 2.57 bits per heavy atom. The van der Waals surface area contributed by atoms with E-state index in [1.807, 2.05) is 49.4 Å². The predicted molar refractivity (Wildman–Crippen MR) is 125 cm³/mol. The largest absolute Gasteiger partial charge is 0.357 e. The fourth-order valence-electron chi connectivity index (χ4n) is 2.35. The maximum absolute atomic E-state index is 12.3. The van der Waals surface area contributed by atoms with Crippen LogP contribution in [0.25, 0.3) is 0 Å². The van der Waals surface area contributed by atoms with Gasteiger partial charge in [0.1, 0.15) is 0 Å². The Kier molecular flexibility index (Phi) is 11.5. The Balaban J connectivity index is 0.00000392. The monoisotopic (exact) mass is 515 g/mol. The highest BCUT2D eigenvalue weighted by molar-refractivity contribution is 14.0. The number of hydrogen-bond acceptors (Lipinski definition) is 3. The average molecular weight is 516 g/mol. The molecule has 2 aromatic rings. The molecule has 0 saturated heterocycles. The lowest BCUT2D eigenvalue weighted by atomic mass is 10.2. The third kappa shape index (κ3) is 8.88. The SMILES string of the molecule is CCNC(=NCc1ccc(Cl)cc1)NCC(=O)N(C)CCc1ccccn1.I. The van der Waals surface area contributed by atoms with Crippen LogP contribution in [-0.4, -0.2) is 48.4 Å². The van der Waals surface area contributed by atoms with Gasteiger partial charge in [0.2, 0.25) is 5.91 Å². The van der Waals surface area contributed by atoms with E-state index in [-0.39, 0.29) is 36.4 Å². The molecule has 2 rings (SSSR count). The van der Waals surface area contributed by atoms with Crippen molar-refractivity contribution in [3.63, 3.8) is 0 Å². The van der Waals surface area contributed by atoms with Crippen LogP contribution in [0.4, 0.5) is 0 Å². The summed E-state index contributed by atoms with van der Waals surface area (Å²) in [6.07, 6.45) is 2.49. The standard InChI is InChI=1S/C20H26ClN5O.HI/c1-3-22-20(24-14-16-7-9-17(21)10-8-16)25-15-19(27)26(2)13-11-18-6-4-5-12-23-18;/h4-10,12H,3,11,13-15H2,1-2H3,(H2,22,24,25);1H. The number of aromatic nitrogens is 1. The second-order valence-electron chi connectivity index (χ2n) is 6.06. The number of benzene rings is 1. The number of aliphatic imine (C=N–C) groups is 1. The maximum Gasteiger partial charge on any atom is 0.241 e. The normalized spacial score (nSPS) is 10.8. The van der Waals surface area contributed by atoms with Crippen LogP contribution < -0.4 is 10.6 Å². The van der Waals surface area contributed by atoms with Gasteiger partial charge in [-0.1, -0.05) is 29.8 Å². The fraction of sp³-hybridized carbons (Fsp3) is 0.350. The number of hydrogen-bond donors (Lipinski definition) is 2. The zero-order valence-corrected chi connectivity index (χ0v) is 19.3. The van der Waals surface area contributed by atoms with Gasteiger partial charge in [-0.3, -0.25) is 9.78 Å². The highest BCUT2D eigenvalue weighted by atomic mass is 127. The molecule has 0 aliphatic carbocycles. The van der Waals surface area contributed by atoms with Gasteiger partial charge >= 0.3 is 0 Å². The zero-order valence-electron chi connectivity index (χ0n) is 16.2. The maximum atomic E-state index is 12.3. The van der Waals surface area contributed by atoms with E-state index in [2.05, 4.69) is 20.6 Å². The summed E-state index contributed by atoms with van der Waals surface area (Å²) in [5.74, 6) is 0.613. The van der Waals surface area contributed by atoms with Crippen LogP contribution in [0.3, 0.4) is 0 Å². The third-order valence-corrected chi connectivity index (χ3v) is 4.19. The molecule has 0 aliphatic heterocycles. The van der Waals surface area contributed by atoms with Crippen molar-refractivity contribution in [2.75, 3.05) is 26.7 Å². The Morgan fingerprint density at radius 1 is 1.18 bits per heavy atom. The summed E-state index contributed by atoms with van der Waals surface area (Å²) in [6.45, 7) is 4.02. The molecule has 8 heteroatoms. The van der Waals surface area contributed by atoms with E-state index >= 15 is 0 Å². The summed E-state index contributed by atoms with van der Waals surface area (Å²) >= 11 is 5.90. The van der Waals surface area contributed by atoms with Gasteiger partial charge in [0.25, 0.3) is 0 Å². The molecule has 0 spiro atoms. The average Bonchev–Trinajstić information content (AvgIpc) is 2.70. The first-order valence-corrected chi connectivity index (χ1v) is 9.36. The van der Waals surface area contributed by atoms with Gasteiger partial charge in [-0.15, -0.1) is 24.0 Å². The topological polar surface area (TPSA) is 69.6 Å². The summed E-state index contributed by atoms with van der Waals surface area (Å²) in [5, 5.41) is 6.94. The summed E-state index contributed by atoms with van der Waals surface area (Å²) in [7, 11) is 1.80. The molecule has 1 heterocycles. The number of carbonyl (C=O) groups excluding carboxylic acids is 1. The van der Waals surface area contributed by atoms with Gasteiger partial charge < -0.3 is 15.5 Å². The lowest BCUT2D eigenvalue weighted by Gasteiger charge is -2.18. The molecule has 0 saturated carbocycles. The van der Waals surface area contributed by atoms with Crippen LogP contribution in [0.15, 0.2) is 53.7 Å². The van der Waals surface area contributed by atoms with E-state index in [0.717, 1.165) is 24.2 Å². The van der Waals surface area contributed by atoms with Crippen LogP contribution in [0.5, 0.6) is 0 Å². The summed E-state index contributed by atoms with van der Waals surface area (Å²) in [5.41, 5.74) is 2.03. The van der Waals surface area contributed by atoms with Crippen LogP contribution in [0, 0.1) is 0 Å². The van der Waals surface area contributed by atoms with Gasteiger partial charge in [0.05, 0.1) is 13.1 Å². The van der Waals surface area contributed by atoms with Crippen LogP contribution in [0.2, 0.25) is 5.02 Å². The smallest absolute Gasteiger partial charge is 0.241 e. The Labute approximate surface area is 188 Å². The summed E-state index contributed by atoms with van der Waals surface area (Å²) in [4.78, 5) is 22.8. The quantitative estimate of drug-likeness (QED) is 0.322. The van der Waals surface area contributed by atoms with Gasteiger partial charge in [-0.05, 0) is 36.8 Å². The molecule has 0 radical (unpaired) electrons. The van der Waals surface area contributed by atoms with Crippen molar-refractivity contribution in [1.82, 2.24) is 20.5 Å². The molecule has 1 aromatic heterocycles. The number of nitrogens with one attached hydrogen (secondary N) is 2. The Bertz CT molecular complexity index is 740. The van der Waals surface area contributed by atoms with Gasteiger partial charge in [-0.25, -0.2) is 4.99 Å². The van der Waals surface area contributed by atoms with Crippen molar-refractivity contribution in [3.8, 4) is 0 Å². The molecule has 0 atom stereocenters. The zero-order chi connectivity index (χ0) is 19.5. The first-order valence-electron chi connectivity index (χ1n) is 8.99. The molecule has 0 aliphatic rings. The van der Waals surface area contributed by atoms with Crippen molar-refractivity contribution >= 4 is 47.4 Å². The van der Waals surface area contributed by atoms with Crippen LogP contribution in [-0.2, 0) is 17.8 Å². The van der Waals surface area contributed by atoms with Gasteiger partial charge in [0.15, 0.2) is 5.96 Å². The first kappa shape index (κ1) is 24.2. The van der Waals surface area contributed by atoms with Crippen molar-refractivity contribution in [3.05, 3.63) is 64.9 Å². The highest BCUT2D eigenvalue weighted by Gasteiger charge is 2.10. The van der Waals surface area contributed by atoms with Crippen LogP contribution in [0.1, 0.15) is 18.2 Å². The van der Waals surface area contributed by atoms with Gasteiger partial charge in [-0.2, -0.15) is 0 Å². The number of halogens is 2. The molecule has 152 valence electrons. The van der Waals surface area contributed by atoms with Crippen molar-refractivity contribution in [2.24, 2.45) is 4.99 Å². The third-order valence-electron chi connectivity index (χ3n) is 3.94. The van der Waals surface area contributed by atoms with E-state index in [1.165, 1.54) is 0 Å². The summed E-state index contributed by atoms with van der Waals surface area (Å²) < 4.78 is 0. The number of carbonyl (C=O) groups is 1. The molecule has 1 aromatic carbocycles. The van der Waals surface area contributed by atoms with Crippen molar-refractivity contribution in [1.29, 1.82) is 0 Å². The molecule has 28 heavy (non-hydrogen) atoms. The lowest BCUT2D eigenvalue weighted by molar-refractivity contribution is -0.128. The number of guanidine groups is 1. The van der Waals surface area contributed by atoms with E-state index < -0.39 is 0 Å². The van der Waals surface area contributed by atoms with Crippen molar-refractivity contribution < 1.29 is 4.79 Å². The number of pyridine rings is 1. The fourth-order valence-corrected chi connectivity index (χ4v) is 2.48. The number of rotatable bonds is 8. The van der Waals surface area contributed by atoms with E-state index in [0.29, 0.717) is 24.1 Å². The molecule has 1 amide bonds. The second-order valence-corrected chi connectivity index (χ2v) is 6.50. The number of likely N-dealkylation sites (N-methyl/N-ethyl adjacent to an activating group) is 1. The van der Waals surface area contributed by atoms with E-state index in [4.69, 9.17) is 11.6 Å². The Hall–Kier alpha value is -1.87. The molecule has 2 N–H and O–H groups in total. The number of nitrogens with zero attached hydrogens (tertiary/aromatic N) is 3. The van der Waals surface area contributed by atoms with E-state index in [9.17, 15) is 4.79 Å². The minimum atomic E-state index is 0. The molecule has 6 nitrogen and oxygen atoms in total. The molecular weight excluding hydrogens is 489 g/mol. The minimum absolute atomic E-state index is 0. The lowest BCUT2D eigenvalue weighted by Crippen LogP contribution is -2.44. The molecule has 0 fully saturated rings.